The van der Waals surface area contributed by atoms with Gasteiger partial charge in [0.25, 0.3) is 11.8 Å². The van der Waals surface area contributed by atoms with Crippen molar-refractivity contribution in [3.63, 3.8) is 0 Å². The Balaban J connectivity index is 1.67. The topological polar surface area (TPSA) is 115 Å². The van der Waals surface area contributed by atoms with E-state index < -0.39 is 35.3 Å². The molecule has 11 heteroatoms. The maximum atomic E-state index is 13.7. The molecule has 1 aromatic carbocycles. The molecule has 2 heterocycles. The molecule has 1 atom stereocenters. The highest BCUT2D eigenvalue weighted by Gasteiger charge is 2.54. The number of halogens is 1. The monoisotopic (exact) mass is 619 g/mol. The highest BCUT2D eigenvalue weighted by atomic mass is 35.5. The average Bonchev–Trinajstić information content (AvgIpc) is 3.51. The number of rotatable bonds is 18. The zero-order valence-corrected chi connectivity index (χ0v) is 26.6. The summed E-state index contributed by atoms with van der Waals surface area (Å²) in [6, 6.07) is 2.95. The minimum atomic E-state index is -1.82. The fourth-order valence-electron chi connectivity index (χ4n) is 4.66. The van der Waals surface area contributed by atoms with Gasteiger partial charge in [0, 0.05) is 10.4 Å². The summed E-state index contributed by atoms with van der Waals surface area (Å²) in [6.07, 6.45) is 11.5. The lowest BCUT2D eigenvalue weighted by Crippen LogP contribution is -2.53. The van der Waals surface area contributed by atoms with Crippen molar-refractivity contribution in [2.24, 2.45) is 0 Å². The van der Waals surface area contributed by atoms with Crippen LogP contribution in [0.4, 0.5) is 10.5 Å². The molecule has 3 amide bonds. The van der Waals surface area contributed by atoms with Crippen molar-refractivity contribution in [3.05, 3.63) is 39.3 Å². The number of ether oxygens (including phenoxy) is 2. The fourth-order valence-corrected chi connectivity index (χ4v) is 5.70. The number of aryl methyl sites for hydroxylation is 1. The quantitative estimate of drug-likeness (QED) is 0.104. The number of carbonyl (C=O) groups excluding carboxylic acids is 4. The van der Waals surface area contributed by atoms with Gasteiger partial charge in [-0.2, -0.15) is 0 Å². The molecule has 0 saturated carbocycles. The first kappa shape index (κ1) is 33.5. The summed E-state index contributed by atoms with van der Waals surface area (Å²) < 4.78 is 11.1. The molecule has 3 rings (SSSR count). The molecule has 1 aromatic heterocycles. The van der Waals surface area contributed by atoms with E-state index in [-0.39, 0.29) is 10.7 Å². The summed E-state index contributed by atoms with van der Waals surface area (Å²) in [5.74, 6) is -2.11. The number of nitrogens with zero attached hydrogens (tertiary/aromatic N) is 2. The van der Waals surface area contributed by atoms with Gasteiger partial charge in [-0.05, 0) is 44.9 Å². The third kappa shape index (κ3) is 9.01. The van der Waals surface area contributed by atoms with Crippen molar-refractivity contribution in [2.45, 2.75) is 110 Å². The SMILES string of the molecule is CCCCCCCCCCCCOc1ccc(Cl)cc1NC(=O)C(C(=O)c1nc(CC)cs1)N1C(=O)OC(C)(C)C1=O. The number of anilines is 1. The number of imide groups is 1. The lowest BCUT2D eigenvalue weighted by atomic mass is 10.1. The summed E-state index contributed by atoms with van der Waals surface area (Å²) >= 11 is 7.27. The van der Waals surface area contributed by atoms with Crippen LogP contribution in [0.25, 0.3) is 0 Å². The van der Waals surface area contributed by atoms with Crippen LogP contribution in [0.2, 0.25) is 5.02 Å². The van der Waals surface area contributed by atoms with E-state index in [1.165, 1.54) is 64.9 Å². The van der Waals surface area contributed by atoms with E-state index in [9.17, 15) is 19.2 Å². The molecule has 0 bridgehead atoms. The van der Waals surface area contributed by atoms with E-state index in [1.54, 1.807) is 17.5 Å². The summed E-state index contributed by atoms with van der Waals surface area (Å²) in [5.41, 5.74) is -0.632. The number of hydrogen-bond acceptors (Lipinski definition) is 8. The number of nitrogens with one attached hydrogen (secondary N) is 1. The third-order valence-electron chi connectivity index (χ3n) is 7.11. The van der Waals surface area contributed by atoms with Crippen molar-refractivity contribution in [2.75, 3.05) is 11.9 Å². The van der Waals surface area contributed by atoms with E-state index in [2.05, 4.69) is 17.2 Å². The smallest absolute Gasteiger partial charge is 0.418 e. The minimum Gasteiger partial charge on any atom is -0.491 e. The lowest BCUT2D eigenvalue weighted by Gasteiger charge is -2.23. The average molecular weight is 620 g/mol. The van der Waals surface area contributed by atoms with Crippen molar-refractivity contribution in [3.8, 4) is 5.75 Å². The zero-order chi connectivity index (χ0) is 30.7. The van der Waals surface area contributed by atoms with Crippen LogP contribution in [0.15, 0.2) is 23.6 Å². The summed E-state index contributed by atoms with van der Waals surface area (Å²) in [4.78, 5) is 57.9. The Morgan fingerprint density at radius 1 is 1.05 bits per heavy atom. The van der Waals surface area contributed by atoms with E-state index in [4.69, 9.17) is 21.1 Å². The molecule has 1 aliphatic heterocycles. The van der Waals surface area contributed by atoms with E-state index in [0.717, 1.165) is 30.6 Å². The van der Waals surface area contributed by atoms with Gasteiger partial charge in [0.2, 0.25) is 5.78 Å². The summed E-state index contributed by atoms with van der Waals surface area (Å²) in [5, 5.41) is 4.72. The number of amides is 3. The first-order chi connectivity index (χ1) is 20.1. The first-order valence-corrected chi connectivity index (χ1v) is 16.1. The van der Waals surface area contributed by atoms with E-state index >= 15 is 0 Å². The highest BCUT2D eigenvalue weighted by molar-refractivity contribution is 7.11. The van der Waals surface area contributed by atoms with E-state index in [1.807, 2.05) is 6.92 Å². The molecule has 1 saturated heterocycles. The molecular formula is C31H42ClN3O6S. The lowest BCUT2D eigenvalue weighted by molar-refractivity contribution is -0.137. The number of cyclic esters (lactones) is 1. The third-order valence-corrected chi connectivity index (χ3v) is 8.25. The second-order valence-electron chi connectivity index (χ2n) is 11.0. The number of hydrogen-bond donors (Lipinski definition) is 1. The Bertz CT molecular complexity index is 1250. The second kappa shape index (κ2) is 16.0. The molecule has 1 unspecified atom stereocenters. The molecule has 0 aliphatic carbocycles. The van der Waals surface area contributed by atoms with Gasteiger partial charge in [0.05, 0.1) is 18.0 Å². The Hall–Kier alpha value is -2.98. The number of thiazole rings is 1. The molecule has 42 heavy (non-hydrogen) atoms. The number of carbonyl (C=O) groups is 4. The van der Waals surface area contributed by atoms with Crippen molar-refractivity contribution in [1.29, 1.82) is 0 Å². The maximum absolute atomic E-state index is 13.7. The Morgan fingerprint density at radius 3 is 2.26 bits per heavy atom. The predicted molar refractivity (Wildman–Crippen MR) is 164 cm³/mol. The molecule has 1 N–H and O–H groups in total. The van der Waals surface area contributed by atoms with Crippen LogP contribution in [0, 0.1) is 0 Å². The normalized spacial score (nSPS) is 15.0. The molecule has 0 spiro atoms. The Kier molecular flexibility index (Phi) is 12.8. The fraction of sp³-hybridized carbons (Fsp3) is 0.581. The largest absolute Gasteiger partial charge is 0.491 e. The Labute approximate surface area is 257 Å². The number of Topliss-reactive ketones (excluding diaryl/α,β-unsaturated/α-hetero) is 1. The van der Waals surface area contributed by atoms with Crippen molar-refractivity contribution in [1.82, 2.24) is 9.88 Å². The molecule has 230 valence electrons. The van der Waals surface area contributed by atoms with Gasteiger partial charge in [-0.3, -0.25) is 14.4 Å². The van der Waals surface area contributed by atoms with Crippen LogP contribution in [0.3, 0.4) is 0 Å². The summed E-state index contributed by atoms with van der Waals surface area (Å²) in [7, 11) is 0. The molecular weight excluding hydrogens is 578 g/mol. The van der Waals surface area contributed by atoms with Gasteiger partial charge in [-0.25, -0.2) is 14.7 Å². The molecule has 0 radical (unpaired) electrons. The van der Waals surface area contributed by atoms with Crippen LogP contribution < -0.4 is 10.1 Å². The van der Waals surface area contributed by atoms with Crippen molar-refractivity contribution < 1.29 is 28.7 Å². The minimum absolute atomic E-state index is 0.0147. The Morgan fingerprint density at radius 2 is 1.69 bits per heavy atom. The number of unbranched alkanes of at least 4 members (excludes halogenated alkanes) is 9. The number of aromatic nitrogens is 1. The van der Waals surface area contributed by atoms with Crippen molar-refractivity contribution >= 4 is 52.3 Å². The second-order valence-corrected chi connectivity index (χ2v) is 12.3. The van der Waals surface area contributed by atoms with Crippen LogP contribution in [-0.4, -0.2) is 51.8 Å². The van der Waals surface area contributed by atoms with Gasteiger partial charge < -0.3 is 14.8 Å². The predicted octanol–water partition coefficient (Wildman–Crippen LogP) is 7.61. The van der Waals surface area contributed by atoms with Gasteiger partial charge in [-0.15, -0.1) is 11.3 Å². The van der Waals surface area contributed by atoms with Gasteiger partial charge in [0.1, 0.15) is 5.75 Å². The molecule has 1 fully saturated rings. The summed E-state index contributed by atoms with van der Waals surface area (Å²) in [6.45, 7) is 7.35. The van der Waals surface area contributed by atoms with Crippen LogP contribution in [0.1, 0.15) is 107 Å². The molecule has 9 nitrogen and oxygen atoms in total. The van der Waals surface area contributed by atoms with Crippen LogP contribution in [0.5, 0.6) is 5.75 Å². The number of ketones is 1. The van der Waals surface area contributed by atoms with Crippen LogP contribution >= 0.6 is 22.9 Å². The van der Waals surface area contributed by atoms with Gasteiger partial charge in [0.15, 0.2) is 16.7 Å². The van der Waals surface area contributed by atoms with Gasteiger partial charge >= 0.3 is 6.09 Å². The molecule has 1 aliphatic rings. The van der Waals surface area contributed by atoms with Crippen LogP contribution in [-0.2, 0) is 20.7 Å². The first-order valence-electron chi connectivity index (χ1n) is 14.9. The van der Waals surface area contributed by atoms with E-state index in [0.29, 0.717) is 34.4 Å². The highest BCUT2D eigenvalue weighted by Crippen LogP contribution is 2.31. The van der Waals surface area contributed by atoms with Gasteiger partial charge in [-0.1, -0.05) is 83.2 Å². The maximum Gasteiger partial charge on any atom is 0.418 e. The zero-order valence-electron chi connectivity index (χ0n) is 25.0. The molecule has 2 aromatic rings. The number of benzene rings is 1. The standard InChI is InChI=1S/C31H42ClN3O6S/c1-5-7-8-9-10-11-12-13-14-15-18-40-24-17-16-21(32)19-23(24)34-27(37)25(26(36)28-33-22(6-2)20-42-28)35-29(38)31(3,4)41-30(35)39/h16-17,19-20,25H,5-15,18H2,1-4H3,(H,34,37).